The molecule has 1 aliphatic heterocycles. The molecule has 0 bridgehead atoms. The quantitative estimate of drug-likeness (QED) is 0.332. The number of halogens is 1. The maximum atomic E-state index is 14.0. The van der Waals surface area contributed by atoms with Gasteiger partial charge in [0, 0.05) is 34.9 Å². The fourth-order valence-corrected chi connectivity index (χ4v) is 4.86. The summed E-state index contributed by atoms with van der Waals surface area (Å²) in [6.45, 7) is 6.61. The number of ketones is 1. The van der Waals surface area contributed by atoms with Crippen molar-refractivity contribution in [3.8, 4) is 5.75 Å². The van der Waals surface area contributed by atoms with Gasteiger partial charge in [-0.15, -0.1) is 0 Å². The van der Waals surface area contributed by atoms with E-state index in [1.807, 2.05) is 31.2 Å². The van der Waals surface area contributed by atoms with Crippen LogP contribution in [-0.2, 0) is 9.59 Å². The van der Waals surface area contributed by atoms with E-state index in [-0.39, 0.29) is 24.3 Å². The van der Waals surface area contributed by atoms with Gasteiger partial charge in [-0.1, -0.05) is 29.8 Å². The third-order valence-electron chi connectivity index (χ3n) is 6.88. The standard InChI is InChI=1S/C30H31ClN2O5/c1-18-26(28(35)20-9-15-23(16-10-20)38-17-30(3,4)29(36)37)27(24-7-5-6-8-25(24)32-18)33(19(2)34)22-13-11-21(31)12-14-22/h5-16,18,26-27,32H,17H2,1-4H3,(H,36,37)/t18-,26?,27-/m0/s1. The van der Waals surface area contributed by atoms with Crippen LogP contribution in [-0.4, -0.2) is 35.4 Å². The number of carbonyl (C=O) groups excluding carboxylic acids is 2. The average Bonchev–Trinajstić information content (AvgIpc) is 2.88. The lowest BCUT2D eigenvalue weighted by Gasteiger charge is -2.43. The van der Waals surface area contributed by atoms with E-state index < -0.39 is 23.3 Å². The summed E-state index contributed by atoms with van der Waals surface area (Å²) in [4.78, 5) is 40.2. The molecule has 3 atom stereocenters. The predicted octanol–water partition coefficient (Wildman–Crippen LogP) is 6.24. The SMILES string of the molecule is CC(=O)N(c1ccc(Cl)cc1)[C@H]1c2ccccc2N[C@@H](C)C1C(=O)c1ccc(OCC(C)(C)C(=O)O)cc1. The van der Waals surface area contributed by atoms with Gasteiger partial charge in [0.05, 0.1) is 17.4 Å². The highest BCUT2D eigenvalue weighted by molar-refractivity contribution is 6.30. The Morgan fingerprint density at radius 3 is 2.24 bits per heavy atom. The summed E-state index contributed by atoms with van der Waals surface area (Å²) in [6, 6.07) is 20.6. The van der Waals surface area contributed by atoms with E-state index in [9.17, 15) is 19.5 Å². The highest BCUT2D eigenvalue weighted by Gasteiger charge is 2.44. The molecule has 0 aliphatic carbocycles. The molecule has 2 N–H and O–H groups in total. The third-order valence-corrected chi connectivity index (χ3v) is 7.14. The van der Waals surface area contributed by atoms with Crippen LogP contribution in [0.25, 0.3) is 0 Å². The van der Waals surface area contributed by atoms with Gasteiger partial charge in [0.2, 0.25) is 5.91 Å². The van der Waals surface area contributed by atoms with Crippen molar-refractivity contribution in [3.05, 3.63) is 88.9 Å². The van der Waals surface area contributed by atoms with Gasteiger partial charge in [0.15, 0.2) is 5.78 Å². The van der Waals surface area contributed by atoms with Crippen LogP contribution in [0, 0.1) is 11.3 Å². The number of anilines is 2. The lowest BCUT2D eigenvalue weighted by molar-refractivity contribution is -0.148. The van der Waals surface area contributed by atoms with Crippen molar-refractivity contribution < 1.29 is 24.2 Å². The number of aliphatic carboxylic acids is 1. The Bertz CT molecular complexity index is 1340. The maximum absolute atomic E-state index is 14.0. The number of hydrogen-bond donors (Lipinski definition) is 2. The summed E-state index contributed by atoms with van der Waals surface area (Å²) >= 11 is 6.11. The van der Waals surface area contributed by atoms with Crippen molar-refractivity contribution in [2.24, 2.45) is 11.3 Å². The molecule has 1 unspecified atom stereocenters. The number of carbonyl (C=O) groups is 3. The number of para-hydroxylation sites is 1. The Hall–Kier alpha value is -3.84. The zero-order valence-electron chi connectivity index (χ0n) is 21.8. The molecular formula is C30H31ClN2O5. The van der Waals surface area contributed by atoms with Crippen LogP contribution >= 0.6 is 11.6 Å². The van der Waals surface area contributed by atoms with Crippen LogP contribution in [0.3, 0.4) is 0 Å². The summed E-state index contributed by atoms with van der Waals surface area (Å²) in [5.74, 6) is -1.39. The topological polar surface area (TPSA) is 95.9 Å². The number of carboxylic acid groups (broad SMARTS) is 1. The number of nitrogens with one attached hydrogen (secondary N) is 1. The van der Waals surface area contributed by atoms with Crippen LogP contribution in [0.1, 0.15) is 49.7 Å². The van der Waals surface area contributed by atoms with Gasteiger partial charge in [-0.2, -0.15) is 0 Å². The van der Waals surface area contributed by atoms with Crippen molar-refractivity contribution in [1.29, 1.82) is 0 Å². The molecule has 1 aliphatic rings. The van der Waals surface area contributed by atoms with Gasteiger partial charge < -0.3 is 20.1 Å². The lowest BCUT2D eigenvalue weighted by Crippen LogP contribution is -2.49. The van der Waals surface area contributed by atoms with E-state index in [1.54, 1.807) is 67.3 Å². The summed E-state index contributed by atoms with van der Waals surface area (Å²) in [5.41, 5.74) is 1.80. The van der Waals surface area contributed by atoms with Crippen molar-refractivity contribution >= 4 is 40.6 Å². The number of amides is 1. The van der Waals surface area contributed by atoms with Gasteiger partial charge in [-0.3, -0.25) is 14.4 Å². The Labute approximate surface area is 227 Å². The second-order valence-electron chi connectivity index (χ2n) is 10.2. The highest BCUT2D eigenvalue weighted by Crippen LogP contribution is 2.44. The molecule has 0 aromatic heterocycles. The minimum Gasteiger partial charge on any atom is -0.492 e. The molecule has 198 valence electrons. The first kappa shape index (κ1) is 27.2. The molecular weight excluding hydrogens is 504 g/mol. The zero-order valence-corrected chi connectivity index (χ0v) is 22.5. The van der Waals surface area contributed by atoms with Crippen LogP contribution in [0.4, 0.5) is 11.4 Å². The number of rotatable bonds is 8. The number of fused-ring (bicyclic) bond motifs is 1. The first-order valence-corrected chi connectivity index (χ1v) is 12.8. The molecule has 0 fully saturated rings. The average molecular weight is 535 g/mol. The minimum atomic E-state index is -1.05. The number of benzene rings is 3. The fraction of sp³-hybridized carbons (Fsp3) is 0.300. The molecule has 8 heteroatoms. The lowest BCUT2D eigenvalue weighted by atomic mass is 9.77. The Kier molecular flexibility index (Phi) is 7.78. The molecule has 3 aromatic rings. The van der Waals surface area contributed by atoms with Crippen molar-refractivity contribution in [1.82, 2.24) is 0 Å². The van der Waals surface area contributed by atoms with Gasteiger partial charge in [-0.25, -0.2) is 0 Å². The second kappa shape index (κ2) is 10.9. The molecule has 3 aromatic carbocycles. The largest absolute Gasteiger partial charge is 0.492 e. The molecule has 38 heavy (non-hydrogen) atoms. The Balaban J connectivity index is 1.70. The third kappa shape index (κ3) is 5.53. The number of hydrogen-bond acceptors (Lipinski definition) is 5. The van der Waals surface area contributed by atoms with E-state index in [4.69, 9.17) is 16.3 Å². The van der Waals surface area contributed by atoms with E-state index in [0.29, 0.717) is 22.0 Å². The first-order chi connectivity index (χ1) is 18.0. The predicted molar refractivity (Wildman–Crippen MR) is 148 cm³/mol. The van der Waals surface area contributed by atoms with Crippen LogP contribution in [0.2, 0.25) is 5.02 Å². The number of Topliss-reactive ketones (excluding diaryl/α,β-unsaturated/α-hetero) is 1. The van der Waals surface area contributed by atoms with E-state index in [2.05, 4.69) is 5.32 Å². The van der Waals surface area contributed by atoms with Gasteiger partial charge in [0.1, 0.15) is 12.4 Å². The summed E-state index contributed by atoms with van der Waals surface area (Å²) < 4.78 is 5.67. The van der Waals surface area contributed by atoms with Crippen molar-refractivity contribution in [2.45, 2.75) is 39.8 Å². The molecule has 1 amide bonds. The minimum absolute atomic E-state index is 0.00721. The Morgan fingerprint density at radius 2 is 1.63 bits per heavy atom. The smallest absolute Gasteiger partial charge is 0.312 e. The fourth-order valence-electron chi connectivity index (χ4n) is 4.73. The van der Waals surface area contributed by atoms with Crippen LogP contribution < -0.4 is 15.0 Å². The van der Waals surface area contributed by atoms with Crippen LogP contribution in [0.5, 0.6) is 5.75 Å². The van der Waals surface area contributed by atoms with Gasteiger partial charge >= 0.3 is 5.97 Å². The Morgan fingerprint density at radius 1 is 1.00 bits per heavy atom. The maximum Gasteiger partial charge on any atom is 0.312 e. The zero-order chi connectivity index (χ0) is 27.6. The highest BCUT2D eigenvalue weighted by atomic mass is 35.5. The molecule has 7 nitrogen and oxygen atoms in total. The van der Waals surface area contributed by atoms with E-state index in [0.717, 1.165) is 11.3 Å². The second-order valence-corrected chi connectivity index (χ2v) is 10.7. The monoisotopic (exact) mass is 534 g/mol. The van der Waals surface area contributed by atoms with E-state index in [1.165, 1.54) is 6.92 Å². The first-order valence-electron chi connectivity index (χ1n) is 12.4. The number of nitrogens with zero attached hydrogens (tertiary/aromatic N) is 1. The molecule has 0 saturated heterocycles. The van der Waals surface area contributed by atoms with Gasteiger partial charge in [0.25, 0.3) is 0 Å². The normalized spacial score (nSPS) is 18.6. The summed E-state index contributed by atoms with van der Waals surface area (Å²) in [7, 11) is 0. The van der Waals surface area contributed by atoms with Gasteiger partial charge in [-0.05, 0) is 80.9 Å². The molecule has 0 spiro atoms. The van der Waals surface area contributed by atoms with E-state index >= 15 is 0 Å². The van der Waals surface area contributed by atoms with Crippen molar-refractivity contribution in [3.63, 3.8) is 0 Å². The summed E-state index contributed by atoms with van der Waals surface area (Å²) in [6.07, 6.45) is 0. The number of ether oxygens (including phenoxy) is 1. The molecule has 1 heterocycles. The molecule has 0 radical (unpaired) electrons. The molecule has 4 rings (SSSR count). The summed E-state index contributed by atoms with van der Waals surface area (Å²) in [5, 5.41) is 13.3. The number of carboxylic acids is 1. The molecule has 0 saturated carbocycles. The van der Waals surface area contributed by atoms with Crippen molar-refractivity contribution in [2.75, 3.05) is 16.8 Å². The van der Waals surface area contributed by atoms with Crippen LogP contribution in [0.15, 0.2) is 72.8 Å².